The Bertz CT molecular complexity index is 604. The average molecular weight is 344 g/mol. The molecule has 1 unspecified atom stereocenters. The van der Waals surface area contributed by atoms with Crippen molar-refractivity contribution in [1.82, 2.24) is 5.32 Å². The summed E-state index contributed by atoms with van der Waals surface area (Å²) >= 11 is 3.57. The van der Waals surface area contributed by atoms with Crippen LogP contribution in [-0.2, 0) is 6.42 Å². The molecule has 0 aromatic heterocycles. The predicted molar refractivity (Wildman–Crippen MR) is 92.7 cm³/mol. The average Bonchev–Trinajstić information content (AvgIpc) is 2.44. The molecular formula is C19H22BrN. The van der Waals surface area contributed by atoms with E-state index in [1.165, 1.54) is 30.4 Å². The Morgan fingerprint density at radius 1 is 1.14 bits per heavy atom. The zero-order valence-corrected chi connectivity index (χ0v) is 14.1. The molecule has 0 spiro atoms. The standard InChI is InChI=1S/C19H22BrN/c1-21-19(13-14-6-4-9-16(20)12-14)18-11-3-2-10-17(18)15-7-5-8-15/h2-4,6,9-12,15,19,21H,5,7-8,13H2,1H3. The minimum Gasteiger partial charge on any atom is -0.313 e. The molecule has 110 valence electrons. The van der Waals surface area contributed by atoms with E-state index >= 15 is 0 Å². The maximum atomic E-state index is 3.57. The molecule has 0 amide bonds. The molecule has 2 heteroatoms. The molecule has 1 aliphatic carbocycles. The number of nitrogens with one attached hydrogen (secondary N) is 1. The highest BCUT2D eigenvalue weighted by Gasteiger charge is 2.24. The maximum Gasteiger partial charge on any atom is 0.0361 e. The van der Waals surface area contributed by atoms with E-state index in [0.717, 1.165) is 16.8 Å². The third-order valence-electron chi connectivity index (χ3n) is 4.59. The highest BCUT2D eigenvalue weighted by Crippen LogP contribution is 2.39. The van der Waals surface area contributed by atoms with Crippen molar-refractivity contribution < 1.29 is 0 Å². The fraction of sp³-hybridized carbons (Fsp3) is 0.368. The second-order valence-corrected chi connectivity index (χ2v) is 6.85. The molecule has 2 aromatic carbocycles. The SMILES string of the molecule is CNC(Cc1cccc(Br)c1)c1ccccc1C1CCC1. The van der Waals surface area contributed by atoms with E-state index < -0.39 is 0 Å². The summed E-state index contributed by atoms with van der Waals surface area (Å²) in [7, 11) is 2.07. The van der Waals surface area contributed by atoms with Gasteiger partial charge in [-0.2, -0.15) is 0 Å². The lowest BCUT2D eigenvalue weighted by molar-refractivity contribution is 0.412. The lowest BCUT2D eigenvalue weighted by atomic mass is 9.76. The molecule has 1 N–H and O–H groups in total. The van der Waals surface area contributed by atoms with E-state index in [-0.39, 0.29) is 0 Å². The molecule has 0 radical (unpaired) electrons. The Balaban J connectivity index is 1.86. The molecule has 1 atom stereocenters. The topological polar surface area (TPSA) is 12.0 Å². The van der Waals surface area contributed by atoms with E-state index in [1.54, 1.807) is 5.56 Å². The second kappa shape index (κ2) is 6.76. The zero-order chi connectivity index (χ0) is 14.7. The molecule has 21 heavy (non-hydrogen) atoms. The first-order chi connectivity index (χ1) is 10.3. The lowest BCUT2D eigenvalue weighted by Gasteiger charge is -2.30. The van der Waals surface area contributed by atoms with Crippen LogP contribution in [0, 0.1) is 0 Å². The number of halogens is 1. The fourth-order valence-corrected chi connectivity index (χ4v) is 3.63. The van der Waals surface area contributed by atoms with Gasteiger partial charge in [0.1, 0.15) is 0 Å². The Kier molecular flexibility index (Phi) is 4.77. The van der Waals surface area contributed by atoms with E-state index in [0.29, 0.717) is 6.04 Å². The minimum absolute atomic E-state index is 0.385. The summed E-state index contributed by atoms with van der Waals surface area (Å²) in [6.45, 7) is 0. The van der Waals surface area contributed by atoms with Crippen molar-refractivity contribution in [2.24, 2.45) is 0 Å². The van der Waals surface area contributed by atoms with Crippen LogP contribution in [0.5, 0.6) is 0 Å². The summed E-state index contributed by atoms with van der Waals surface area (Å²) in [4.78, 5) is 0. The van der Waals surface area contributed by atoms with Gasteiger partial charge in [-0.1, -0.05) is 58.7 Å². The summed E-state index contributed by atoms with van der Waals surface area (Å²) in [6.07, 6.45) is 5.11. The highest BCUT2D eigenvalue weighted by atomic mass is 79.9. The van der Waals surface area contributed by atoms with Gasteiger partial charge >= 0.3 is 0 Å². The monoisotopic (exact) mass is 343 g/mol. The van der Waals surface area contributed by atoms with Gasteiger partial charge in [0.2, 0.25) is 0 Å². The fourth-order valence-electron chi connectivity index (χ4n) is 3.19. The molecule has 0 bridgehead atoms. The van der Waals surface area contributed by atoms with Gasteiger partial charge in [-0.3, -0.25) is 0 Å². The number of hydrogen-bond donors (Lipinski definition) is 1. The molecule has 0 saturated heterocycles. The van der Waals surface area contributed by atoms with Crippen molar-refractivity contribution >= 4 is 15.9 Å². The van der Waals surface area contributed by atoms with Gasteiger partial charge in [-0.15, -0.1) is 0 Å². The minimum atomic E-state index is 0.385. The third kappa shape index (κ3) is 3.38. The number of benzene rings is 2. The van der Waals surface area contributed by atoms with Gasteiger partial charge in [-0.25, -0.2) is 0 Å². The summed E-state index contributed by atoms with van der Waals surface area (Å²) in [6, 6.07) is 18.0. The molecule has 0 aliphatic heterocycles. The Labute approximate surface area is 135 Å². The van der Waals surface area contributed by atoms with Crippen LogP contribution in [0.4, 0.5) is 0 Å². The number of hydrogen-bond acceptors (Lipinski definition) is 1. The van der Waals surface area contributed by atoms with Gasteiger partial charge in [0, 0.05) is 10.5 Å². The number of likely N-dealkylation sites (N-methyl/N-ethyl adjacent to an activating group) is 1. The van der Waals surface area contributed by atoms with Crippen LogP contribution >= 0.6 is 15.9 Å². The second-order valence-electron chi connectivity index (χ2n) is 5.93. The zero-order valence-electron chi connectivity index (χ0n) is 12.5. The van der Waals surface area contributed by atoms with Crippen LogP contribution < -0.4 is 5.32 Å². The van der Waals surface area contributed by atoms with E-state index in [1.807, 2.05) is 0 Å². The van der Waals surface area contributed by atoms with Gasteiger partial charge in [0.05, 0.1) is 0 Å². The first-order valence-corrected chi connectivity index (χ1v) is 8.58. The molecule has 0 heterocycles. The van der Waals surface area contributed by atoms with Gasteiger partial charge in [0.25, 0.3) is 0 Å². The van der Waals surface area contributed by atoms with Crippen LogP contribution in [0.25, 0.3) is 0 Å². The first kappa shape index (κ1) is 14.8. The highest BCUT2D eigenvalue weighted by molar-refractivity contribution is 9.10. The Hall–Kier alpha value is -1.12. The Morgan fingerprint density at radius 2 is 1.95 bits per heavy atom. The molecule has 2 aromatic rings. The smallest absolute Gasteiger partial charge is 0.0361 e. The number of rotatable bonds is 5. The first-order valence-electron chi connectivity index (χ1n) is 7.78. The van der Waals surface area contributed by atoms with E-state index in [4.69, 9.17) is 0 Å². The van der Waals surface area contributed by atoms with Crippen LogP contribution in [0.15, 0.2) is 53.0 Å². The van der Waals surface area contributed by atoms with Crippen molar-refractivity contribution in [3.8, 4) is 0 Å². The molecule has 1 saturated carbocycles. The summed E-state index contributed by atoms with van der Waals surface area (Å²) in [5.41, 5.74) is 4.40. The van der Waals surface area contributed by atoms with Crippen LogP contribution in [0.3, 0.4) is 0 Å². The quantitative estimate of drug-likeness (QED) is 0.784. The van der Waals surface area contributed by atoms with Crippen molar-refractivity contribution in [3.05, 3.63) is 69.7 Å². The molecule has 1 aliphatic rings. The normalized spacial score (nSPS) is 16.5. The molecule has 1 fully saturated rings. The van der Waals surface area contributed by atoms with Crippen molar-refractivity contribution in [2.45, 2.75) is 37.6 Å². The molecule has 3 rings (SSSR count). The third-order valence-corrected chi connectivity index (χ3v) is 5.09. The lowest BCUT2D eigenvalue weighted by Crippen LogP contribution is -2.22. The van der Waals surface area contributed by atoms with Crippen molar-refractivity contribution in [3.63, 3.8) is 0 Å². The van der Waals surface area contributed by atoms with E-state index in [9.17, 15) is 0 Å². The van der Waals surface area contributed by atoms with Gasteiger partial charge < -0.3 is 5.32 Å². The summed E-state index contributed by atoms with van der Waals surface area (Å²) < 4.78 is 1.15. The van der Waals surface area contributed by atoms with Crippen molar-refractivity contribution in [1.29, 1.82) is 0 Å². The maximum absolute atomic E-state index is 3.57. The predicted octanol–water partition coefficient (Wildman–Crippen LogP) is 5.22. The van der Waals surface area contributed by atoms with Crippen LogP contribution in [-0.4, -0.2) is 7.05 Å². The molecular weight excluding hydrogens is 322 g/mol. The van der Waals surface area contributed by atoms with Crippen LogP contribution in [0.2, 0.25) is 0 Å². The largest absolute Gasteiger partial charge is 0.313 e. The van der Waals surface area contributed by atoms with Gasteiger partial charge in [0.15, 0.2) is 0 Å². The summed E-state index contributed by atoms with van der Waals surface area (Å²) in [5, 5.41) is 3.51. The Morgan fingerprint density at radius 3 is 2.62 bits per heavy atom. The van der Waals surface area contributed by atoms with Crippen molar-refractivity contribution in [2.75, 3.05) is 7.05 Å². The molecule has 1 nitrogen and oxygen atoms in total. The summed E-state index contributed by atoms with van der Waals surface area (Å²) in [5.74, 6) is 0.777. The van der Waals surface area contributed by atoms with E-state index in [2.05, 4.69) is 76.8 Å². The van der Waals surface area contributed by atoms with Gasteiger partial charge in [-0.05, 0) is 61.1 Å². The van der Waals surface area contributed by atoms with Crippen LogP contribution in [0.1, 0.15) is 47.9 Å².